The molecule has 0 fully saturated rings. The van der Waals surface area contributed by atoms with E-state index in [0.29, 0.717) is 17.3 Å². The van der Waals surface area contributed by atoms with Crippen LogP contribution in [0.15, 0.2) is 22.7 Å². The molecule has 0 saturated heterocycles. The minimum absolute atomic E-state index is 0.101. The van der Waals surface area contributed by atoms with E-state index in [2.05, 4.69) is 10.1 Å². The van der Waals surface area contributed by atoms with Crippen LogP contribution >= 0.6 is 11.6 Å². The smallest absolute Gasteiger partial charge is 0.260 e. The highest BCUT2D eigenvalue weighted by atomic mass is 35.5. The molecule has 0 aliphatic heterocycles. The Labute approximate surface area is 109 Å². The maximum absolute atomic E-state index is 13.7. The summed E-state index contributed by atoms with van der Waals surface area (Å²) in [5.74, 6) is -0.0495. The molecule has 0 spiro atoms. The van der Waals surface area contributed by atoms with Gasteiger partial charge in [-0.05, 0) is 31.5 Å². The number of aromatic nitrogens is 2. The maximum atomic E-state index is 13.7. The zero-order chi connectivity index (χ0) is 13.3. The Hall–Kier alpha value is -1.46. The summed E-state index contributed by atoms with van der Waals surface area (Å²) in [4.78, 5) is 4.13. The highest BCUT2D eigenvalue weighted by Crippen LogP contribution is 2.26. The Morgan fingerprint density at radius 1 is 1.50 bits per heavy atom. The summed E-state index contributed by atoms with van der Waals surface area (Å²) in [5, 5.41) is 4.10. The van der Waals surface area contributed by atoms with Crippen LogP contribution in [0, 0.1) is 5.82 Å². The molecule has 0 radical (unpaired) electrons. The molecule has 0 amide bonds. The van der Waals surface area contributed by atoms with Gasteiger partial charge in [-0.3, -0.25) is 0 Å². The number of nitrogens with two attached hydrogens (primary N) is 1. The Bertz CT molecular complexity index is 568. The molecule has 1 heterocycles. The summed E-state index contributed by atoms with van der Waals surface area (Å²) in [7, 11) is 0. The molecule has 0 aliphatic rings. The average molecular weight is 270 g/mol. The van der Waals surface area contributed by atoms with Crippen LogP contribution in [0.3, 0.4) is 0 Å². The van der Waals surface area contributed by atoms with E-state index in [1.165, 1.54) is 12.1 Å². The molecule has 18 heavy (non-hydrogen) atoms. The third-order valence-corrected chi connectivity index (χ3v) is 3.07. The van der Waals surface area contributed by atoms with Crippen molar-refractivity contribution in [2.24, 2.45) is 5.73 Å². The summed E-state index contributed by atoms with van der Waals surface area (Å²) in [6.07, 6.45) is 0.648. The Balaban J connectivity index is 2.41. The number of halogens is 2. The highest BCUT2D eigenvalue weighted by Gasteiger charge is 2.26. The molecule has 2 N–H and O–H groups in total. The van der Waals surface area contributed by atoms with Crippen LogP contribution in [0.25, 0.3) is 11.5 Å². The minimum atomic E-state index is -0.690. The summed E-state index contributed by atoms with van der Waals surface area (Å²) in [6, 6.07) is 4.25. The van der Waals surface area contributed by atoms with E-state index in [1.54, 1.807) is 13.0 Å². The van der Waals surface area contributed by atoms with Gasteiger partial charge in [0.15, 0.2) is 5.82 Å². The number of nitrogens with zero attached hydrogens (tertiary/aromatic N) is 2. The van der Waals surface area contributed by atoms with Crippen LogP contribution in [-0.4, -0.2) is 10.1 Å². The van der Waals surface area contributed by atoms with Gasteiger partial charge in [-0.2, -0.15) is 4.98 Å². The lowest BCUT2D eigenvalue weighted by Crippen LogP contribution is -2.33. The van der Waals surface area contributed by atoms with E-state index < -0.39 is 11.4 Å². The quantitative estimate of drug-likeness (QED) is 0.930. The van der Waals surface area contributed by atoms with Crippen LogP contribution in [-0.2, 0) is 5.54 Å². The topological polar surface area (TPSA) is 64.9 Å². The van der Waals surface area contributed by atoms with Crippen LogP contribution in [0.4, 0.5) is 4.39 Å². The van der Waals surface area contributed by atoms with Crippen molar-refractivity contribution in [1.82, 2.24) is 10.1 Å². The molecule has 0 aliphatic carbocycles. The number of hydrogen-bond acceptors (Lipinski definition) is 4. The number of hydrogen-bond donors (Lipinski definition) is 1. The van der Waals surface area contributed by atoms with Crippen molar-refractivity contribution in [3.63, 3.8) is 0 Å². The third kappa shape index (κ3) is 2.37. The molecule has 96 valence electrons. The second kappa shape index (κ2) is 4.66. The molecule has 0 saturated carbocycles. The van der Waals surface area contributed by atoms with E-state index in [4.69, 9.17) is 21.9 Å². The Morgan fingerprint density at radius 2 is 2.22 bits per heavy atom. The van der Waals surface area contributed by atoms with Crippen molar-refractivity contribution < 1.29 is 8.91 Å². The molecular formula is C12H13ClFN3O. The summed E-state index contributed by atoms with van der Waals surface area (Å²) in [6.45, 7) is 3.71. The SMILES string of the molecule is CCC(C)(N)c1noc(-c2ccc(Cl)cc2F)n1. The van der Waals surface area contributed by atoms with Gasteiger partial charge < -0.3 is 10.3 Å². The van der Waals surface area contributed by atoms with Crippen molar-refractivity contribution >= 4 is 11.6 Å². The lowest BCUT2D eigenvalue weighted by Gasteiger charge is -2.16. The van der Waals surface area contributed by atoms with Gasteiger partial charge in [0, 0.05) is 5.02 Å². The highest BCUT2D eigenvalue weighted by molar-refractivity contribution is 6.30. The molecule has 0 bridgehead atoms. The monoisotopic (exact) mass is 269 g/mol. The Kier molecular flexibility index (Phi) is 3.36. The first kappa shape index (κ1) is 13.0. The summed E-state index contributed by atoms with van der Waals surface area (Å²) >= 11 is 5.68. The number of rotatable bonds is 3. The summed E-state index contributed by atoms with van der Waals surface area (Å²) in [5.41, 5.74) is 5.51. The normalized spacial score (nSPS) is 14.5. The fraction of sp³-hybridized carbons (Fsp3) is 0.333. The average Bonchev–Trinajstić information content (AvgIpc) is 2.79. The van der Waals surface area contributed by atoms with Crippen LogP contribution < -0.4 is 5.73 Å². The van der Waals surface area contributed by atoms with Gasteiger partial charge in [0.2, 0.25) is 0 Å². The first-order valence-electron chi connectivity index (χ1n) is 5.52. The van der Waals surface area contributed by atoms with E-state index in [-0.39, 0.29) is 11.5 Å². The molecule has 6 heteroatoms. The zero-order valence-electron chi connectivity index (χ0n) is 10.1. The van der Waals surface area contributed by atoms with Gasteiger partial charge >= 0.3 is 0 Å². The molecule has 4 nitrogen and oxygen atoms in total. The predicted molar refractivity (Wildman–Crippen MR) is 66.5 cm³/mol. The molecular weight excluding hydrogens is 257 g/mol. The van der Waals surface area contributed by atoms with Crippen molar-refractivity contribution in [2.75, 3.05) is 0 Å². The van der Waals surface area contributed by atoms with E-state index in [9.17, 15) is 4.39 Å². The fourth-order valence-corrected chi connectivity index (χ4v) is 1.54. The van der Waals surface area contributed by atoms with E-state index in [0.717, 1.165) is 0 Å². The largest absolute Gasteiger partial charge is 0.334 e. The van der Waals surface area contributed by atoms with E-state index in [1.807, 2.05) is 6.92 Å². The van der Waals surface area contributed by atoms with Gasteiger partial charge in [0.05, 0.1) is 11.1 Å². The van der Waals surface area contributed by atoms with Gasteiger partial charge in [-0.1, -0.05) is 23.7 Å². The zero-order valence-corrected chi connectivity index (χ0v) is 10.8. The third-order valence-electron chi connectivity index (χ3n) is 2.83. The summed E-state index contributed by atoms with van der Waals surface area (Å²) < 4.78 is 18.7. The predicted octanol–water partition coefficient (Wildman–Crippen LogP) is 3.11. The van der Waals surface area contributed by atoms with Crippen molar-refractivity contribution in [2.45, 2.75) is 25.8 Å². The minimum Gasteiger partial charge on any atom is -0.334 e. The lowest BCUT2D eigenvalue weighted by atomic mass is 10.00. The first-order chi connectivity index (χ1) is 8.44. The second-order valence-electron chi connectivity index (χ2n) is 4.32. The van der Waals surface area contributed by atoms with Gasteiger partial charge in [-0.25, -0.2) is 4.39 Å². The standard InChI is InChI=1S/C12H13ClFN3O/c1-3-12(2,15)11-16-10(18-17-11)8-5-4-7(13)6-9(8)14/h4-6H,3,15H2,1-2H3. The van der Waals surface area contributed by atoms with E-state index >= 15 is 0 Å². The molecule has 2 aromatic rings. The van der Waals surface area contributed by atoms with Gasteiger partial charge in [0.25, 0.3) is 5.89 Å². The molecule has 1 aromatic carbocycles. The second-order valence-corrected chi connectivity index (χ2v) is 4.75. The van der Waals surface area contributed by atoms with Crippen molar-refractivity contribution in [3.05, 3.63) is 34.9 Å². The Morgan fingerprint density at radius 3 is 2.83 bits per heavy atom. The van der Waals surface area contributed by atoms with Gasteiger partial charge in [0.1, 0.15) is 5.82 Å². The first-order valence-corrected chi connectivity index (χ1v) is 5.90. The van der Waals surface area contributed by atoms with Gasteiger partial charge in [-0.15, -0.1) is 0 Å². The van der Waals surface area contributed by atoms with Crippen LogP contribution in [0.5, 0.6) is 0 Å². The van der Waals surface area contributed by atoms with Crippen LogP contribution in [0.1, 0.15) is 26.1 Å². The van der Waals surface area contributed by atoms with Crippen molar-refractivity contribution in [1.29, 1.82) is 0 Å². The molecule has 2 rings (SSSR count). The molecule has 1 unspecified atom stereocenters. The molecule has 1 atom stereocenters. The van der Waals surface area contributed by atoms with Crippen LogP contribution in [0.2, 0.25) is 5.02 Å². The fourth-order valence-electron chi connectivity index (χ4n) is 1.39. The molecule has 1 aromatic heterocycles. The lowest BCUT2D eigenvalue weighted by molar-refractivity contribution is 0.378. The van der Waals surface area contributed by atoms with Crippen molar-refractivity contribution in [3.8, 4) is 11.5 Å². The number of benzene rings is 1. The maximum Gasteiger partial charge on any atom is 0.260 e.